The molecule has 0 atom stereocenters. The average Bonchev–Trinajstić information content (AvgIpc) is 2.66. The minimum absolute atomic E-state index is 0.222. The van der Waals surface area contributed by atoms with Crippen LogP contribution in [-0.4, -0.2) is 15.0 Å². The van der Waals surface area contributed by atoms with E-state index in [1.165, 1.54) is 0 Å². The number of thiazole rings is 1. The Morgan fingerprint density at radius 2 is 2.31 bits per heavy atom. The van der Waals surface area contributed by atoms with Crippen LogP contribution >= 0.6 is 38.9 Å². The number of halogens is 2. The van der Waals surface area contributed by atoms with Crippen LogP contribution in [0.15, 0.2) is 16.0 Å². The summed E-state index contributed by atoms with van der Waals surface area (Å²) in [5.41, 5.74) is 0.990. The van der Waals surface area contributed by atoms with Crippen LogP contribution < -0.4 is 5.32 Å². The molecule has 0 radical (unpaired) electrons. The standard InChI is InChI=1S/C9H8BrClN4S/c1-5-14-6(4-16-5)2-12-8-7(10)3-13-9(11)15-8/h3-4H,2H2,1H3,(H,12,13,15). The molecule has 2 aromatic heterocycles. The zero-order valence-corrected chi connectivity index (χ0v) is 11.5. The van der Waals surface area contributed by atoms with Crippen molar-refractivity contribution in [2.75, 3.05) is 5.32 Å². The molecule has 0 aliphatic rings. The second-order valence-electron chi connectivity index (χ2n) is 3.05. The number of aromatic nitrogens is 3. The lowest BCUT2D eigenvalue weighted by atomic mass is 10.4. The van der Waals surface area contributed by atoms with E-state index in [-0.39, 0.29) is 5.28 Å². The van der Waals surface area contributed by atoms with Crippen molar-refractivity contribution in [3.05, 3.63) is 32.0 Å². The minimum Gasteiger partial charge on any atom is -0.363 e. The third kappa shape index (κ3) is 2.90. The molecule has 0 aliphatic carbocycles. The molecule has 0 saturated heterocycles. The van der Waals surface area contributed by atoms with E-state index in [9.17, 15) is 0 Å². The fourth-order valence-corrected chi connectivity index (χ4v) is 2.21. The normalized spacial score (nSPS) is 10.4. The zero-order valence-electron chi connectivity index (χ0n) is 8.37. The Morgan fingerprint density at radius 1 is 1.50 bits per heavy atom. The van der Waals surface area contributed by atoms with E-state index < -0.39 is 0 Å². The van der Waals surface area contributed by atoms with Gasteiger partial charge >= 0.3 is 0 Å². The van der Waals surface area contributed by atoms with Crippen molar-refractivity contribution in [1.29, 1.82) is 0 Å². The Labute approximate surface area is 110 Å². The van der Waals surface area contributed by atoms with Gasteiger partial charge in [0.15, 0.2) is 0 Å². The molecule has 4 nitrogen and oxygen atoms in total. The summed E-state index contributed by atoms with van der Waals surface area (Å²) in [6.45, 7) is 2.60. The lowest BCUT2D eigenvalue weighted by Crippen LogP contribution is -2.03. The van der Waals surface area contributed by atoms with E-state index in [0.29, 0.717) is 12.4 Å². The summed E-state index contributed by atoms with van der Waals surface area (Å²) in [7, 11) is 0. The Balaban J connectivity index is 2.07. The Bertz CT molecular complexity index is 502. The molecule has 0 unspecified atom stereocenters. The number of aryl methyl sites for hydroxylation is 1. The summed E-state index contributed by atoms with van der Waals surface area (Å²) in [6.07, 6.45) is 1.62. The van der Waals surface area contributed by atoms with Gasteiger partial charge in [0, 0.05) is 11.6 Å². The summed E-state index contributed by atoms with van der Waals surface area (Å²) in [5.74, 6) is 0.672. The Hall–Kier alpha value is -0.720. The molecule has 2 aromatic rings. The fourth-order valence-electron chi connectivity index (χ4n) is 1.13. The molecular weight excluding hydrogens is 312 g/mol. The monoisotopic (exact) mass is 318 g/mol. The summed E-state index contributed by atoms with van der Waals surface area (Å²) in [4.78, 5) is 12.3. The molecule has 1 N–H and O–H groups in total. The van der Waals surface area contributed by atoms with Crippen molar-refractivity contribution in [3.8, 4) is 0 Å². The van der Waals surface area contributed by atoms with Gasteiger partial charge in [0.25, 0.3) is 0 Å². The van der Waals surface area contributed by atoms with Gasteiger partial charge in [-0.25, -0.2) is 9.97 Å². The third-order valence-electron chi connectivity index (χ3n) is 1.82. The highest BCUT2D eigenvalue weighted by molar-refractivity contribution is 9.10. The number of anilines is 1. The van der Waals surface area contributed by atoms with E-state index in [1.54, 1.807) is 17.5 Å². The molecule has 0 saturated carbocycles. The number of hydrogen-bond donors (Lipinski definition) is 1. The molecule has 0 bridgehead atoms. The van der Waals surface area contributed by atoms with Gasteiger partial charge < -0.3 is 5.32 Å². The summed E-state index contributed by atoms with van der Waals surface area (Å²) < 4.78 is 0.781. The number of nitrogens with zero attached hydrogens (tertiary/aromatic N) is 3. The average molecular weight is 320 g/mol. The predicted octanol–water partition coefficient (Wildman–Crippen LogP) is 3.27. The van der Waals surface area contributed by atoms with Gasteiger partial charge in [-0.05, 0) is 34.5 Å². The van der Waals surface area contributed by atoms with Crippen molar-refractivity contribution >= 4 is 44.7 Å². The second-order valence-corrected chi connectivity index (χ2v) is 5.30. The number of rotatable bonds is 3. The Morgan fingerprint density at radius 3 is 3.00 bits per heavy atom. The van der Waals surface area contributed by atoms with E-state index in [1.807, 2.05) is 12.3 Å². The highest BCUT2D eigenvalue weighted by Gasteiger charge is 2.04. The van der Waals surface area contributed by atoms with Crippen LogP contribution in [0.1, 0.15) is 10.7 Å². The lowest BCUT2D eigenvalue weighted by molar-refractivity contribution is 1.02. The minimum atomic E-state index is 0.222. The summed E-state index contributed by atoms with van der Waals surface area (Å²) in [6, 6.07) is 0. The highest BCUT2D eigenvalue weighted by atomic mass is 79.9. The molecule has 84 valence electrons. The van der Waals surface area contributed by atoms with Crippen LogP contribution in [0.2, 0.25) is 5.28 Å². The Kier molecular flexibility index (Phi) is 3.73. The molecule has 0 aromatic carbocycles. The van der Waals surface area contributed by atoms with E-state index in [0.717, 1.165) is 15.2 Å². The van der Waals surface area contributed by atoms with Crippen LogP contribution in [0.5, 0.6) is 0 Å². The molecule has 0 fully saturated rings. The number of hydrogen-bond acceptors (Lipinski definition) is 5. The first-order valence-corrected chi connectivity index (χ1v) is 6.53. The topological polar surface area (TPSA) is 50.7 Å². The summed E-state index contributed by atoms with van der Waals surface area (Å²) in [5, 5.41) is 6.43. The fraction of sp³-hybridized carbons (Fsp3) is 0.222. The van der Waals surface area contributed by atoms with Gasteiger partial charge in [-0.2, -0.15) is 4.98 Å². The largest absolute Gasteiger partial charge is 0.363 e. The highest BCUT2D eigenvalue weighted by Crippen LogP contribution is 2.20. The molecule has 2 rings (SSSR count). The smallest absolute Gasteiger partial charge is 0.224 e. The molecule has 7 heteroatoms. The first kappa shape index (κ1) is 11.8. The maximum Gasteiger partial charge on any atom is 0.224 e. The van der Waals surface area contributed by atoms with Gasteiger partial charge in [0.2, 0.25) is 5.28 Å². The third-order valence-corrected chi connectivity index (χ3v) is 3.40. The van der Waals surface area contributed by atoms with Crippen molar-refractivity contribution in [2.24, 2.45) is 0 Å². The van der Waals surface area contributed by atoms with Crippen molar-refractivity contribution < 1.29 is 0 Å². The van der Waals surface area contributed by atoms with Crippen molar-refractivity contribution in [3.63, 3.8) is 0 Å². The second kappa shape index (κ2) is 5.07. The van der Waals surface area contributed by atoms with Gasteiger partial charge in [-0.1, -0.05) is 0 Å². The summed E-state index contributed by atoms with van der Waals surface area (Å²) >= 11 is 10.7. The molecule has 0 aliphatic heterocycles. The first-order valence-electron chi connectivity index (χ1n) is 4.48. The van der Waals surface area contributed by atoms with E-state index in [2.05, 4.69) is 36.2 Å². The van der Waals surface area contributed by atoms with Gasteiger partial charge in [-0.3, -0.25) is 0 Å². The van der Waals surface area contributed by atoms with Gasteiger partial charge in [-0.15, -0.1) is 11.3 Å². The van der Waals surface area contributed by atoms with Gasteiger partial charge in [0.05, 0.1) is 21.7 Å². The molecule has 16 heavy (non-hydrogen) atoms. The zero-order chi connectivity index (χ0) is 11.5. The van der Waals surface area contributed by atoms with Crippen molar-refractivity contribution in [2.45, 2.75) is 13.5 Å². The molecule has 0 spiro atoms. The van der Waals surface area contributed by atoms with Crippen LogP contribution in [0, 0.1) is 6.92 Å². The first-order chi connectivity index (χ1) is 7.65. The SMILES string of the molecule is Cc1nc(CNc2nc(Cl)ncc2Br)cs1. The molecule has 2 heterocycles. The van der Waals surface area contributed by atoms with Crippen LogP contribution in [0.25, 0.3) is 0 Å². The van der Waals surface area contributed by atoms with Crippen LogP contribution in [-0.2, 0) is 6.54 Å². The molecular formula is C9H8BrClN4S. The van der Waals surface area contributed by atoms with Crippen LogP contribution in [0.4, 0.5) is 5.82 Å². The maximum absolute atomic E-state index is 5.71. The van der Waals surface area contributed by atoms with Gasteiger partial charge in [0.1, 0.15) is 5.82 Å². The van der Waals surface area contributed by atoms with E-state index >= 15 is 0 Å². The molecule has 0 amide bonds. The maximum atomic E-state index is 5.71. The predicted molar refractivity (Wildman–Crippen MR) is 68.9 cm³/mol. The van der Waals surface area contributed by atoms with Crippen LogP contribution in [0.3, 0.4) is 0 Å². The quantitative estimate of drug-likeness (QED) is 0.882. The number of nitrogens with one attached hydrogen (secondary N) is 1. The van der Waals surface area contributed by atoms with E-state index in [4.69, 9.17) is 11.6 Å². The van der Waals surface area contributed by atoms with Crippen molar-refractivity contribution in [1.82, 2.24) is 15.0 Å². The lowest BCUT2D eigenvalue weighted by Gasteiger charge is -2.05.